The Kier molecular flexibility index (Phi) is 12.2. The maximum absolute atomic E-state index is 13.3. The molecule has 15 nitrogen and oxygen atoms in total. The first-order chi connectivity index (χ1) is 21.6. The van der Waals surface area contributed by atoms with Crippen LogP contribution in [0.25, 0.3) is 11.4 Å². The maximum atomic E-state index is 13.3. The van der Waals surface area contributed by atoms with Gasteiger partial charge in [0, 0.05) is 50.3 Å². The van der Waals surface area contributed by atoms with Crippen LogP contribution in [0.4, 0.5) is 23.8 Å². The summed E-state index contributed by atoms with van der Waals surface area (Å²) < 4.78 is 62.6. The van der Waals surface area contributed by atoms with Gasteiger partial charge in [-0.2, -0.15) is 21.6 Å². The van der Waals surface area contributed by atoms with Gasteiger partial charge in [0.25, 0.3) is 5.91 Å². The summed E-state index contributed by atoms with van der Waals surface area (Å²) in [5, 5.41) is 15.2. The first-order valence-electron chi connectivity index (χ1n) is 14.1. The van der Waals surface area contributed by atoms with E-state index >= 15 is 0 Å². The zero-order valence-corrected chi connectivity index (χ0v) is 25.4. The van der Waals surface area contributed by atoms with E-state index < -0.39 is 45.5 Å². The van der Waals surface area contributed by atoms with Gasteiger partial charge in [0.05, 0.1) is 6.61 Å². The van der Waals surface area contributed by atoms with E-state index in [0.717, 1.165) is 18.4 Å². The van der Waals surface area contributed by atoms with E-state index in [9.17, 15) is 37.5 Å². The van der Waals surface area contributed by atoms with Gasteiger partial charge in [-0.3, -0.25) is 18.9 Å². The number of aliphatic carboxylic acids is 1. The number of anilines is 1. The van der Waals surface area contributed by atoms with Crippen LogP contribution in [-0.2, 0) is 24.4 Å². The Balaban J connectivity index is 0.000000637. The molecule has 1 saturated heterocycles. The molecule has 19 heteroatoms. The van der Waals surface area contributed by atoms with Gasteiger partial charge in [-0.05, 0) is 26.2 Å². The Morgan fingerprint density at radius 2 is 1.63 bits per heavy atom. The number of piperazine rings is 1. The third-order valence-corrected chi connectivity index (χ3v) is 7.17. The molecule has 1 aliphatic carbocycles. The first-order valence-corrected chi connectivity index (χ1v) is 15.5. The van der Waals surface area contributed by atoms with Crippen molar-refractivity contribution in [2.24, 2.45) is 0 Å². The number of carbonyl (C=O) groups excluding carboxylic acids is 3. The van der Waals surface area contributed by atoms with E-state index in [2.05, 4.69) is 20.6 Å². The molecule has 1 aliphatic heterocycles. The minimum absolute atomic E-state index is 0.0715. The predicted octanol–water partition coefficient (Wildman–Crippen LogP) is 2.38. The van der Waals surface area contributed by atoms with Crippen LogP contribution >= 0.6 is 0 Å². The van der Waals surface area contributed by atoms with E-state index in [4.69, 9.17) is 17.7 Å². The van der Waals surface area contributed by atoms with E-state index in [-0.39, 0.29) is 51.3 Å². The van der Waals surface area contributed by atoms with E-state index in [1.807, 2.05) is 30.3 Å². The summed E-state index contributed by atoms with van der Waals surface area (Å²) in [7, 11) is -5.84. The van der Waals surface area contributed by atoms with Gasteiger partial charge in [-0.15, -0.1) is 0 Å². The molecule has 1 aromatic heterocycles. The standard InChI is InChI=1S/C26H32N6O6.CHF3O3S/c1-2-38-26(37)32-14-12-31(13-15-32)25(36)19(10-11-22(33)34)29-24(35)20-16-21(27-18-8-9-18)30-23(28-20)17-6-4-3-5-7-17;2-1(3,4)8(5,6)7/h3-7,16,18-19H,2,8-15H2,1H3,(H,29,35)(H,33,34)(H,27,28,30);(H,5,6,7)/t19-;/m0./s1. The molecule has 2 fully saturated rings. The second-order valence-electron chi connectivity index (χ2n) is 10.1. The molecule has 46 heavy (non-hydrogen) atoms. The second-order valence-corrected chi connectivity index (χ2v) is 11.6. The molecule has 2 heterocycles. The summed E-state index contributed by atoms with van der Waals surface area (Å²) in [6.45, 7) is 3.04. The van der Waals surface area contributed by atoms with Crippen molar-refractivity contribution in [3.8, 4) is 11.4 Å². The Labute approximate surface area is 261 Å². The van der Waals surface area contributed by atoms with Crippen LogP contribution in [0, 0.1) is 0 Å². The highest BCUT2D eigenvalue weighted by Gasteiger charge is 2.44. The molecule has 252 valence electrons. The highest BCUT2D eigenvalue weighted by atomic mass is 32.2. The lowest BCUT2D eigenvalue weighted by Gasteiger charge is -2.35. The Bertz CT molecular complexity index is 1500. The van der Waals surface area contributed by atoms with Crippen molar-refractivity contribution in [2.75, 3.05) is 38.1 Å². The first kappa shape index (κ1) is 36.0. The number of nitrogens with zero attached hydrogens (tertiary/aromatic N) is 4. The van der Waals surface area contributed by atoms with Crippen LogP contribution in [0.2, 0.25) is 0 Å². The van der Waals surface area contributed by atoms with Crippen LogP contribution in [0.3, 0.4) is 0 Å². The van der Waals surface area contributed by atoms with Gasteiger partial charge in [-0.25, -0.2) is 14.8 Å². The topological polar surface area (TPSA) is 208 Å². The molecule has 0 unspecified atom stereocenters. The Morgan fingerprint density at radius 3 is 2.15 bits per heavy atom. The molecular weight excluding hydrogens is 641 g/mol. The zero-order chi connectivity index (χ0) is 34.1. The lowest BCUT2D eigenvalue weighted by molar-refractivity contribution is -0.138. The summed E-state index contributed by atoms with van der Waals surface area (Å²) in [5.41, 5.74) is -4.73. The summed E-state index contributed by atoms with van der Waals surface area (Å²) >= 11 is 0. The second kappa shape index (κ2) is 15.7. The quantitative estimate of drug-likeness (QED) is 0.212. The van der Waals surface area contributed by atoms with Crippen LogP contribution in [0.1, 0.15) is 43.1 Å². The predicted molar refractivity (Wildman–Crippen MR) is 155 cm³/mol. The number of hydrogen-bond donors (Lipinski definition) is 4. The lowest BCUT2D eigenvalue weighted by atomic mass is 10.1. The summed E-state index contributed by atoms with van der Waals surface area (Å²) in [4.78, 5) is 61.9. The number of carbonyl (C=O) groups is 4. The van der Waals surface area contributed by atoms with Gasteiger partial charge in [0.2, 0.25) is 5.91 Å². The molecule has 3 amide bonds. The molecular formula is C27H33F3N6O9S. The summed E-state index contributed by atoms with van der Waals surface area (Å²) in [5.74, 6) is -1.21. The van der Waals surface area contributed by atoms with Gasteiger partial charge in [-0.1, -0.05) is 30.3 Å². The lowest BCUT2D eigenvalue weighted by Crippen LogP contribution is -2.56. The van der Waals surface area contributed by atoms with Crippen molar-refractivity contribution in [1.82, 2.24) is 25.1 Å². The van der Waals surface area contributed by atoms with Gasteiger partial charge in [0.15, 0.2) is 5.82 Å². The number of carboxylic acids is 1. The number of alkyl halides is 3. The normalized spacial score (nSPS) is 15.6. The highest BCUT2D eigenvalue weighted by Crippen LogP contribution is 2.26. The molecule has 1 saturated carbocycles. The Morgan fingerprint density at radius 1 is 1.04 bits per heavy atom. The van der Waals surface area contributed by atoms with Crippen LogP contribution in [0.5, 0.6) is 0 Å². The van der Waals surface area contributed by atoms with Crippen molar-refractivity contribution in [3.63, 3.8) is 0 Å². The third-order valence-electron chi connectivity index (χ3n) is 6.58. The van der Waals surface area contributed by atoms with Crippen LogP contribution in [0.15, 0.2) is 36.4 Å². The fourth-order valence-corrected chi connectivity index (χ4v) is 4.09. The van der Waals surface area contributed by atoms with Gasteiger partial charge < -0.3 is 30.3 Å². The van der Waals surface area contributed by atoms with Gasteiger partial charge in [0.1, 0.15) is 17.6 Å². The number of hydrogen-bond acceptors (Lipinski definition) is 10. The number of amides is 3. The number of rotatable bonds is 10. The molecule has 2 aromatic rings. The smallest absolute Gasteiger partial charge is 0.481 e. The van der Waals surface area contributed by atoms with Crippen LogP contribution in [-0.4, -0.2) is 112 Å². The average molecular weight is 675 g/mol. The minimum Gasteiger partial charge on any atom is -0.481 e. The highest BCUT2D eigenvalue weighted by molar-refractivity contribution is 7.86. The van der Waals surface area contributed by atoms with Crippen molar-refractivity contribution in [3.05, 3.63) is 42.1 Å². The fourth-order valence-electron chi connectivity index (χ4n) is 4.09. The van der Waals surface area contributed by atoms with Crippen molar-refractivity contribution in [2.45, 2.75) is 50.2 Å². The fraction of sp³-hybridized carbons (Fsp3) is 0.481. The average Bonchev–Trinajstić information content (AvgIpc) is 3.82. The van der Waals surface area contributed by atoms with Gasteiger partial charge >= 0.3 is 27.7 Å². The molecule has 1 aromatic carbocycles. The van der Waals surface area contributed by atoms with Crippen molar-refractivity contribution >= 4 is 39.8 Å². The van der Waals surface area contributed by atoms with E-state index in [0.29, 0.717) is 17.7 Å². The minimum atomic E-state index is -5.84. The SMILES string of the molecule is CCOC(=O)N1CCN(C(=O)[C@H](CCC(=O)O)NC(=O)c2cc(NC3CC3)nc(-c3ccccc3)n2)CC1.O=S(=O)(O)C(F)(F)F. The van der Waals surface area contributed by atoms with E-state index in [1.165, 1.54) is 15.9 Å². The number of carboxylic acid groups (broad SMARTS) is 1. The molecule has 1 atom stereocenters. The number of halogens is 3. The number of aromatic nitrogens is 2. The van der Waals surface area contributed by atoms with Crippen molar-refractivity contribution < 1.29 is 55.2 Å². The molecule has 2 aliphatic rings. The summed E-state index contributed by atoms with van der Waals surface area (Å²) in [6, 6.07) is 10.0. The molecule has 4 rings (SSSR count). The van der Waals surface area contributed by atoms with Crippen LogP contribution < -0.4 is 10.6 Å². The molecule has 0 bridgehead atoms. The number of nitrogens with one attached hydrogen (secondary N) is 2. The molecule has 4 N–H and O–H groups in total. The molecule has 0 spiro atoms. The largest absolute Gasteiger partial charge is 0.522 e. The summed E-state index contributed by atoms with van der Waals surface area (Å²) in [6.07, 6.45) is 1.21. The van der Waals surface area contributed by atoms with Crippen molar-refractivity contribution in [1.29, 1.82) is 0 Å². The number of benzene rings is 1. The maximum Gasteiger partial charge on any atom is 0.522 e. The number of ether oxygens (including phenoxy) is 1. The zero-order valence-electron chi connectivity index (χ0n) is 24.6. The molecule has 0 radical (unpaired) electrons. The Hall–Kier alpha value is -4.52. The monoisotopic (exact) mass is 674 g/mol. The van der Waals surface area contributed by atoms with E-state index in [1.54, 1.807) is 6.92 Å². The third kappa shape index (κ3) is 10.8.